The molecule has 1 unspecified atom stereocenters. The van der Waals surface area contributed by atoms with Crippen molar-refractivity contribution in [2.75, 3.05) is 19.4 Å². The van der Waals surface area contributed by atoms with Gasteiger partial charge in [-0.15, -0.1) is 0 Å². The van der Waals surface area contributed by atoms with Crippen molar-refractivity contribution in [2.45, 2.75) is 25.1 Å². The molecule has 0 aromatic heterocycles. The Labute approximate surface area is 118 Å². The number of methoxy groups -OCH3 is 1. The molecule has 1 aliphatic heterocycles. The predicted molar refractivity (Wildman–Crippen MR) is 75.4 cm³/mol. The Morgan fingerprint density at radius 1 is 1.45 bits per heavy atom. The van der Waals surface area contributed by atoms with E-state index in [0.717, 1.165) is 11.1 Å². The summed E-state index contributed by atoms with van der Waals surface area (Å²) in [7, 11) is -2.53. The van der Waals surface area contributed by atoms with Crippen molar-refractivity contribution >= 4 is 21.7 Å². The summed E-state index contributed by atoms with van der Waals surface area (Å²) >= 11 is 0. The highest BCUT2D eigenvalue weighted by Crippen LogP contribution is 2.26. The van der Waals surface area contributed by atoms with Crippen LogP contribution >= 0.6 is 0 Å². The molecule has 1 atom stereocenters. The van der Waals surface area contributed by atoms with Crippen molar-refractivity contribution < 1.29 is 17.9 Å². The van der Waals surface area contributed by atoms with Gasteiger partial charge in [-0.3, -0.25) is 4.79 Å². The average Bonchev–Trinajstić information content (AvgIpc) is 2.45. The monoisotopic (exact) mass is 298 g/mol. The van der Waals surface area contributed by atoms with E-state index in [1.165, 1.54) is 18.3 Å². The van der Waals surface area contributed by atoms with E-state index in [0.29, 0.717) is 18.7 Å². The minimum atomic E-state index is -3.71. The van der Waals surface area contributed by atoms with Gasteiger partial charge in [-0.2, -0.15) is 4.31 Å². The van der Waals surface area contributed by atoms with Crippen LogP contribution in [0.1, 0.15) is 18.1 Å². The lowest BCUT2D eigenvalue weighted by Crippen LogP contribution is -2.44. The van der Waals surface area contributed by atoms with E-state index in [-0.39, 0.29) is 6.54 Å². The topological polar surface area (TPSA) is 89.7 Å². The number of carbonyl (C=O) groups excluding carboxylic acids is 1. The molecular weight excluding hydrogens is 280 g/mol. The van der Waals surface area contributed by atoms with E-state index >= 15 is 0 Å². The van der Waals surface area contributed by atoms with Crippen molar-refractivity contribution in [3.8, 4) is 0 Å². The lowest BCUT2D eigenvalue weighted by molar-refractivity contribution is -0.139. The summed E-state index contributed by atoms with van der Waals surface area (Å²) in [6.45, 7) is 1.91. The molecule has 0 bridgehead atoms. The maximum Gasteiger partial charge on any atom is 0.325 e. The van der Waals surface area contributed by atoms with Crippen molar-refractivity contribution in [3.05, 3.63) is 29.3 Å². The van der Waals surface area contributed by atoms with Crippen LogP contribution in [0.3, 0.4) is 0 Å². The first-order valence-corrected chi connectivity index (χ1v) is 7.81. The van der Waals surface area contributed by atoms with E-state index in [2.05, 4.69) is 4.74 Å². The largest absolute Gasteiger partial charge is 0.468 e. The number of ether oxygens (including phenoxy) is 1. The molecule has 110 valence electrons. The number of fused-ring (bicyclic) bond motifs is 1. The van der Waals surface area contributed by atoms with E-state index in [9.17, 15) is 13.2 Å². The summed E-state index contributed by atoms with van der Waals surface area (Å²) in [5, 5.41) is -1.20. The highest BCUT2D eigenvalue weighted by Gasteiger charge is 2.36. The van der Waals surface area contributed by atoms with E-state index in [1.807, 2.05) is 6.07 Å². The van der Waals surface area contributed by atoms with Gasteiger partial charge in [-0.25, -0.2) is 8.42 Å². The number of esters is 1. The Kier molecular flexibility index (Phi) is 4.01. The summed E-state index contributed by atoms with van der Waals surface area (Å²) in [5.74, 6) is -0.747. The zero-order valence-electron chi connectivity index (χ0n) is 11.5. The highest BCUT2D eigenvalue weighted by molar-refractivity contribution is 7.90. The fourth-order valence-corrected chi connectivity index (χ4v) is 3.79. The van der Waals surface area contributed by atoms with E-state index in [4.69, 9.17) is 5.73 Å². The van der Waals surface area contributed by atoms with Crippen LogP contribution in [0.2, 0.25) is 0 Å². The van der Waals surface area contributed by atoms with E-state index in [1.54, 1.807) is 12.1 Å². The first-order chi connectivity index (χ1) is 9.37. The van der Waals surface area contributed by atoms with E-state index < -0.39 is 21.2 Å². The molecule has 1 aromatic rings. The molecule has 6 nitrogen and oxygen atoms in total. The number of anilines is 1. The summed E-state index contributed by atoms with van der Waals surface area (Å²) in [6.07, 6.45) is 0.551. The van der Waals surface area contributed by atoms with Gasteiger partial charge in [0.25, 0.3) is 0 Å². The number of carbonyl (C=O) groups is 1. The Hall–Kier alpha value is -1.60. The molecule has 1 heterocycles. The quantitative estimate of drug-likeness (QED) is 0.649. The van der Waals surface area contributed by atoms with Crippen LogP contribution < -0.4 is 5.73 Å². The van der Waals surface area contributed by atoms with Gasteiger partial charge in [0.15, 0.2) is 5.25 Å². The molecule has 0 spiro atoms. The third-order valence-electron chi connectivity index (χ3n) is 3.61. The minimum absolute atomic E-state index is 0.240. The molecular formula is C13H18N2O4S. The van der Waals surface area contributed by atoms with Crippen LogP contribution in [0.4, 0.5) is 5.69 Å². The van der Waals surface area contributed by atoms with Gasteiger partial charge in [0.05, 0.1) is 7.11 Å². The molecule has 0 saturated carbocycles. The van der Waals surface area contributed by atoms with Crippen LogP contribution in [-0.4, -0.2) is 37.6 Å². The zero-order chi connectivity index (χ0) is 14.9. The number of rotatable bonds is 3. The smallest absolute Gasteiger partial charge is 0.325 e. The molecule has 0 aliphatic carbocycles. The van der Waals surface area contributed by atoms with Crippen molar-refractivity contribution in [1.29, 1.82) is 0 Å². The van der Waals surface area contributed by atoms with Crippen molar-refractivity contribution in [3.63, 3.8) is 0 Å². The molecule has 0 fully saturated rings. The van der Waals surface area contributed by atoms with Gasteiger partial charge in [0.2, 0.25) is 10.0 Å². The van der Waals surface area contributed by atoms with Gasteiger partial charge < -0.3 is 10.5 Å². The minimum Gasteiger partial charge on any atom is -0.468 e. The lowest BCUT2D eigenvalue weighted by atomic mass is 9.99. The molecule has 2 rings (SSSR count). The van der Waals surface area contributed by atoms with Gasteiger partial charge in [-0.05, 0) is 30.5 Å². The normalized spacial score (nSPS) is 17.3. The number of benzene rings is 1. The molecule has 0 radical (unpaired) electrons. The molecule has 2 N–H and O–H groups in total. The molecule has 0 saturated heterocycles. The first-order valence-electron chi connectivity index (χ1n) is 6.31. The average molecular weight is 298 g/mol. The number of nitrogens with two attached hydrogens (primary N) is 1. The Bertz CT molecular complexity index is 627. The van der Waals surface area contributed by atoms with Crippen molar-refractivity contribution in [1.82, 2.24) is 4.31 Å². The van der Waals surface area contributed by atoms with Crippen molar-refractivity contribution in [2.24, 2.45) is 0 Å². The zero-order valence-corrected chi connectivity index (χ0v) is 12.3. The van der Waals surface area contributed by atoms with Crippen LogP contribution in [0.25, 0.3) is 0 Å². The Morgan fingerprint density at radius 2 is 2.15 bits per heavy atom. The van der Waals surface area contributed by atoms with Crippen LogP contribution in [0.5, 0.6) is 0 Å². The SMILES string of the molecule is COC(=O)C(C)S(=O)(=O)N1CCc2c(N)cccc2C1. The fourth-order valence-electron chi connectivity index (χ4n) is 2.34. The first kappa shape index (κ1) is 14.8. The second-order valence-corrected chi connectivity index (χ2v) is 7.03. The van der Waals surface area contributed by atoms with Gasteiger partial charge in [0, 0.05) is 18.8 Å². The number of hydrogen-bond acceptors (Lipinski definition) is 5. The van der Waals surface area contributed by atoms with Crippen LogP contribution in [-0.2, 0) is 32.5 Å². The Morgan fingerprint density at radius 3 is 2.80 bits per heavy atom. The maximum absolute atomic E-state index is 12.4. The third kappa shape index (κ3) is 2.51. The summed E-state index contributed by atoms with van der Waals surface area (Å²) in [5.41, 5.74) is 8.44. The predicted octanol–water partition coefficient (Wildman–Crippen LogP) is 0.518. The van der Waals surface area contributed by atoms with Gasteiger partial charge in [-0.1, -0.05) is 12.1 Å². The molecule has 0 amide bonds. The standard InChI is InChI=1S/C13H18N2O4S/c1-9(13(16)19-2)20(17,18)15-7-6-11-10(8-15)4-3-5-12(11)14/h3-5,9H,6-8,14H2,1-2H3. The van der Waals surface area contributed by atoms with Gasteiger partial charge >= 0.3 is 5.97 Å². The number of nitrogen functional groups attached to an aromatic ring is 1. The van der Waals surface area contributed by atoms with Gasteiger partial charge in [0.1, 0.15) is 0 Å². The molecule has 20 heavy (non-hydrogen) atoms. The summed E-state index contributed by atoms with van der Waals surface area (Å²) < 4.78 is 30.6. The fraction of sp³-hybridized carbons (Fsp3) is 0.462. The summed E-state index contributed by atoms with van der Waals surface area (Å²) in [4.78, 5) is 11.5. The van der Waals surface area contributed by atoms with Crippen LogP contribution in [0, 0.1) is 0 Å². The van der Waals surface area contributed by atoms with Crippen LogP contribution in [0.15, 0.2) is 18.2 Å². The Balaban J connectivity index is 2.27. The summed E-state index contributed by atoms with van der Waals surface area (Å²) in [6, 6.07) is 5.46. The second-order valence-electron chi connectivity index (χ2n) is 4.78. The number of hydrogen-bond donors (Lipinski definition) is 1. The maximum atomic E-state index is 12.4. The molecule has 1 aromatic carbocycles. The number of nitrogens with zero attached hydrogens (tertiary/aromatic N) is 1. The number of sulfonamides is 1. The highest BCUT2D eigenvalue weighted by atomic mass is 32.2. The molecule has 7 heteroatoms. The lowest BCUT2D eigenvalue weighted by Gasteiger charge is -2.30. The molecule has 1 aliphatic rings. The second kappa shape index (κ2) is 5.41. The third-order valence-corrected chi connectivity index (χ3v) is 5.72.